The van der Waals surface area contributed by atoms with Crippen molar-refractivity contribution >= 4 is 11.8 Å². The van der Waals surface area contributed by atoms with Crippen molar-refractivity contribution in [2.75, 3.05) is 0 Å². The number of aliphatic hydroxyl groups excluding tert-OH is 1. The van der Waals surface area contributed by atoms with E-state index in [1.807, 2.05) is 36.5 Å². The van der Waals surface area contributed by atoms with Crippen LogP contribution >= 0.6 is 0 Å². The van der Waals surface area contributed by atoms with Gasteiger partial charge >= 0.3 is 5.97 Å². The van der Waals surface area contributed by atoms with Gasteiger partial charge in [0.1, 0.15) is 0 Å². The van der Waals surface area contributed by atoms with Gasteiger partial charge < -0.3 is 10.2 Å². The number of aliphatic hydroxyl groups is 1. The van der Waals surface area contributed by atoms with Crippen LogP contribution in [0.2, 0.25) is 0 Å². The van der Waals surface area contributed by atoms with Crippen LogP contribution in [0.5, 0.6) is 0 Å². The molecule has 1 aliphatic rings. The zero-order valence-corrected chi connectivity index (χ0v) is 15.5. The van der Waals surface area contributed by atoms with Gasteiger partial charge in [-0.15, -0.1) is 0 Å². The highest BCUT2D eigenvalue weighted by atomic mass is 16.4. The van der Waals surface area contributed by atoms with Crippen molar-refractivity contribution < 1.29 is 19.8 Å². The average Bonchev–Trinajstić information content (AvgIpc) is 2.95. The van der Waals surface area contributed by atoms with Crippen LogP contribution in [0.4, 0.5) is 0 Å². The molecular formula is C22H30O4. The van der Waals surface area contributed by atoms with Crippen molar-refractivity contribution in [3.63, 3.8) is 0 Å². The number of aliphatic carboxylic acids is 1. The van der Waals surface area contributed by atoms with Gasteiger partial charge in [-0.25, -0.2) is 0 Å². The first kappa shape index (κ1) is 21.8. The number of carboxylic acids is 1. The highest BCUT2D eigenvalue weighted by Gasteiger charge is 2.26. The highest BCUT2D eigenvalue weighted by molar-refractivity contribution is 5.95. The minimum atomic E-state index is -0.789. The topological polar surface area (TPSA) is 74.6 Å². The Bertz CT molecular complexity index is 581. The van der Waals surface area contributed by atoms with E-state index in [1.165, 1.54) is 0 Å². The van der Waals surface area contributed by atoms with Crippen LogP contribution in [0.3, 0.4) is 0 Å². The second kappa shape index (κ2) is 13.1. The number of carboxylic acid groups (broad SMARTS) is 1. The van der Waals surface area contributed by atoms with E-state index in [9.17, 15) is 14.7 Å². The number of carbonyl (C=O) groups excluding carboxylic acids is 1. The third kappa shape index (κ3) is 9.33. The molecule has 0 bridgehead atoms. The van der Waals surface area contributed by atoms with Crippen LogP contribution in [0.1, 0.15) is 45.4 Å². The molecule has 0 heterocycles. The smallest absolute Gasteiger partial charge is 0.303 e. The molecule has 0 aromatic heterocycles. The Labute approximate surface area is 156 Å². The standard InChI is InChI=1S/C22H30O4/c1-2-3-8-12-20-18(15-17-21(20)24)14-16-19(23)11-9-6-4-5-7-10-13-22(25)26/h3,5-9,14-20,23H,2,4,10-13H2,1H3,(H,25,26)/b7-5-,8-3-,9-6-,16-14+/t18-,19-,20-/m1/s1. The summed E-state index contributed by atoms with van der Waals surface area (Å²) in [6, 6.07) is 0. The Morgan fingerprint density at radius 2 is 1.96 bits per heavy atom. The molecule has 0 spiro atoms. The largest absolute Gasteiger partial charge is 0.481 e. The Kier molecular flexibility index (Phi) is 11.0. The van der Waals surface area contributed by atoms with Crippen molar-refractivity contribution in [1.29, 1.82) is 0 Å². The molecule has 0 aromatic carbocycles. The van der Waals surface area contributed by atoms with Crippen LogP contribution in [0, 0.1) is 11.8 Å². The first-order valence-electron chi connectivity index (χ1n) is 9.29. The van der Waals surface area contributed by atoms with Crippen LogP contribution in [-0.4, -0.2) is 28.1 Å². The lowest BCUT2D eigenvalue weighted by Crippen LogP contribution is -2.14. The van der Waals surface area contributed by atoms with E-state index in [1.54, 1.807) is 12.2 Å². The maximum absolute atomic E-state index is 11.9. The molecule has 0 amide bonds. The quantitative estimate of drug-likeness (QED) is 0.507. The molecule has 26 heavy (non-hydrogen) atoms. The Morgan fingerprint density at radius 1 is 1.19 bits per heavy atom. The lowest BCUT2D eigenvalue weighted by atomic mass is 9.90. The van der Waals surface area contributed by atoms with E-state index < -0.39 is 12.1 Å². The molecule has 2 N–H and O–H groups in total. The summed E-state index contributed by atoms with van der Waals surface area (Å²) in [6.07, 6.45) is 22.1. The number of rotatable bonds is 12. The van der Waals surface area contributed by atoms with Gasteiger partial charge in [0.15, 0.2) is 5.78 Å². The Balaban J connectivity index is 2.32. The first-order chi connectivity index (χ1) is 12.5. The van der Waals surface area contributed by atoms with E-state index in [0.29, 0.717) is 12.8 Å². The van der Waals surface area contributed by atoms with E-state index in [2.05, 4.69) is 19.1 Å². The molecule has 0 saturated carbocycles. The molecule has 0 aliphatic heterocycles. The summed E-state index contributed by atoms with van der Waals surface area (Å²) < 4.78 is 0. The van der Waals surface area contributed by atoms with E-state index in [-0.39, 0.29) is 24.0 Å². The summed E-state index contributed by atoms with van der Waals surface area (Å²) in [5, 5.41) is 18.6. The molecule has 4 nitrogen and oxygen atoms in total. The van der Waals surface area contributed by atoms with Gasteiger partial charge in [0.2, 0.25) is 0 Å². The molecule has 0 saturated heterocycles. The van der Waals surface area contributed by atoms with Gasteiger partial charge in [0, 0.05) is 18.3 Å². The second-order valence-corrected chi connectivity index (χ2v) is 6.36. The summed E-state index contributed by atoms with van der Waals surface area (Å²) in [5.41, 5.74) is 0. The van der Waals surface area contributed by atoms with Crippen molar-refractivity contribution in [1.82, 2.24) is 0 Å². The summed E-state index contributed by atoms with van der Waals surface area (Å²) in [4.78, 5) is 22.3. The molecule has 4 heteroatoms. The van der Waals surface area contributed by atoms with Gasteiger partial charge in [-0.1, -0.05) is 61.6 Å². The minimum absolute atomic E-state index is 0.0484. The molecule has 3 atom stereocenters. The lowest BCUT2D eigenvalue weighted by Gasteiger charge is -2.13. The summed E-state index contributed by atoms with van der Waals surface area (Å²) in [7, 11) is 0. The monoisotopic (exact) mass is 358 g/mol. The van der Waals surface area contributed by atoms with Crippen molar-refractivity contribution in [2.45, 2.75) is 51.6 Å². The van der Waals surface area contributed by atoms with E-state index in [0.717, 1.165) is 19.3 Å². The van der Waals surface area contributed by atoms with Crippen LogP contribution in [0.15, 0.2) is 60.8 Å². The summed E-state index contributed by atoms with van der Waals surface area (Å²) in [5.74, 6) is -0.625. The number of allylic oxidation sites excluding steroid dienone is 8. The minimum Gasteiger partial charge on any atom is -0.481 e. The Hall–Kier alpha value is -2.20. The normalized spacial score (nSPS) is 21.8. The number of hydrogen-bond acceptors (Lipinski definition) is 3. The molecule has 0 fully saturated rings. The number of ketones is 1. The third-order valence-corrected chi connectivity index (χ3v) is 4.17. The fourth-order valence-electron chi connectivity index (χ4n) is 2.70. The lowest BCUT2D eigenvalue weighted by molar-refractivity contribution is -0.136. The van der Waals surface area contributed by atoms with Gasteiger partial charge in [0.05, 0.1) is 6.10 Å². The SMILES string of the molecule is CC/C=C\C[C@H]1C(=O)C=C[C@H]1/C=C/[C@H](O)C/C=C\C/C=C\CCC(=O)O. The van der Waals surface area contributed by atoms with Crippen LogP contribution in [-0.2, 0) is 9.59 Å². The zero-order valence-electron chi connectivity index (χ0n) is 15.5. The molecular weight excluding hydrogens is 328 g/mol. The molecule has 0 aromatic rings. The van der Waals surface area contributed by atoms with Crippen molar-refractivity contribution in [3.05, 3.63) is 60.8 Å². The number of hydrogen-bond donors (Lipinski definition) is 2. The average molecular weight is 358 g/mol. The maximum Gasteiger partial charge on any atom is 0.303 e. The van der Waals surface area contributed by atoms with Crippen molar-refractivity contribution in [3.8, 4) is 0 Å². The van der Waals surface area contributed by atoms with Gasteiger partial charge in [-0.05, 0) is 38.2 Å². The fraction of sp³-hybridized carbons (Fsp3) is 0.455. The maximum atomic E-state index is 11.9. The highest BCUT2D eigenvalue weighted by Crippen LogP contribution is 2.27. The Morgan fingerprint density at radius 3 is 2.69 bits per heavy atom. The van der Waals surface area contributed by atoms with E-state index in [4.69, 9.17) is 5.11 Å². The van der Waals surface area contributed by atoms with Gasteiger partial charge in [0.25, 0.3) is 0 Å². The van der Waals surface area contributed by atoms with E-state index >= 15 is 0 Å². The van der Waals surface area contributed by atoms with Crippen LogP contribution < -0.4 is 0 Å². The molecule has 142 valence electrons. The second-order valence-electron chi connectivity index (χ2n) is 6.36. The van der Waals surface area contributed by atoms with Crippen molar-refractivity contribution in [2.24, 2.45) is 11.8 Å². The molecule has 1 aliphatic carbocycles. The third-order valence-electron chi connectivity index (χ3n) is 4.17. The summed E-state index contributed by atoms with van der Waals surface area (Å²) >= 11 is 0. The summed E-state index contributed by atoms with van der Waals surface area (Å²) in [6.45, 7) is 2.07. The van der Waals surface area contributed by atoms with Gasteiger partial charge in [-0.2, -0.15) is 0 Å². The first-order valence-corrected chi connectivity index (χ1v) is 9.29. The molecule has 0 radical (unpaired) electrons. The number of carbonyl (C=O) groups is 2. The zero-order chi connectivity index (χ0) is 19.2. The molecule has 1 rings (SSSR count). The molecule has 0 unspecified atom stereocenters. The predicted molar refractivity (Wildman–Crippen MR) is 105 cm³/mol. The predicted octanol–water partition coefficient (Wildman–Crippen LogP) is 4.39. The fourth-order valence-corrected chi connectivity index (χ4v) is 2.70. The van der Waals surface area contributed by atoms with Crippen LogP contribution in [0.25, 0.3) is 0 Å². The van der Waals surface area contributed by atoms with Gasteiger partial charge in [-0.3, -0.25) is 9.59 Å².